The van der Waals surface area contributed by atoms with Crippen molar-refractivity contribution in [2.75, 3.05) is 0 Å². The van der Waals surface area contributed by atoms with Crippen molar-refractivity contribution in [3.8, 4) is 0 Å². The Morgan fingerprint density at radius 2 is 1.55 bits per heavy atom. The first-order valence-corrected chi connectivity index (χ1v) is 10.6. The Balaban J connectivity index is 1.70. The van der Waals surface area contributed by atoms with Crippen molar-refractivity contribution >= 4 is 11.6 Å². The van der Waals surface area contributed by atoms with Crippen LogP contribution in [0.1, 0.15) is 71.1 Å². The van der Waals surface area contributed by atoms with E-state index in [9.17, 15) is 22.8 Å². The van der Waals surface area contributed by atoms with E-state index in [1.54, 1.807) is 39.8 Å². The lowest BCUT2D eigenvalue weighted by Gasteiger charge is -2.19. The Hall–Kier alpha value is -3.25. The van der Waals surface area contributed by atoms with Gasteiger partial charge in [0.1, 0.15) is 17.5 Å². The van der Waals surface area contributed by atoms with Crippen LogP contribution in [0.2, 0.25) is 0 Å². The second-order valence-electron chi connectivity index (χ2n) is 9.04. The fourth-order valence-electron chi connectivity index (χ4n) is 3.40. The molecule has 172 valence electrons. The van der Waals surface area contributed by atoms with E-state index in [1.807, 2.05) is 0 Å². The largest absolute Gasteiger partial charge is 0.306 e. The van der Waals surface area contributed by atoms with E-state index >= 15 is 0 Å². The van der Waals surface area contributed by atoms with Gasteiger partial charge in [0.2, 0.25) is 0 Å². The van der Waals surface area contributed by atoms with Gasteiger partial charge in [-0.15, -0.1) is 0 Å². The van der Waals surface area contributed by atoms with Crippen LogP contribution in [0, 0.1) is 22.9 Å². The lowest BCUT2D eigenvalue weighted by Crippen LogP contribution is -2.22. The molecule has 0 spiro atoms. The summed E-state index contributed by atoms with van der Waals surface area (Å²) in [7, 11) is 0. The average Bonchev–Trinajstić information content (AvgIpc) is 2.76. The highest BCUT2D eigenvalue weighted by atomic mass is 19.1. The fourth-order valence-corrected chi connectivity index (χ4v) is 3.40. The summed E-state index contributed by atoms with van der Waals surface area (Å²) in [5.41, 5.74) is 0.211. The number of nitrogens with one attached hydrogen (secondary N) is 1. The summed E-state index contributed by atoms with van der Waals surface area (Å²) in [4.78, 5) is 24.8. The fraction of sp³-hybridized carbons (Fsp3) is 0.259. The number of Topliss-reactive ketones (excluding diaryl/α,β-unsaturated/α-hetero) is 1. The second-order valence-corrected chi connectivity index (χ2v) is 9.04. The molecule has 1 unspecified atom stereocenters. The lowest BCUT2D eigenvalue weighted by molar-refractivity contribution is 0.0853. The van der Waals surface area contributed by atoms with Gasteiger partial charge in [0.15, 0.2) is 11.6 Å². The molecule has 0 saturated carbocycles. The van der Waals surface area contributed by atoms with Gasteiger partial charge < -0.3 is 5.32 Å². The van der Waals surface area contributed by atoms with E-state index in [4.69, 9.17) is 0 Å². The first kappa shape index (κ1) is 24.4. The number of benzene rings is 3. The Morgan fingerprint density at radius 1 is 0.848 bits per heavy atom. The monoisotopic (exact) mass is 453 g/mol. The first-order valence-electron chi connectivity index (χ1n) is 10.6. The Labute approximate surface area is 191 Å². The smallest absolute Gasteiger partial charge is 0.196 e. The van der Waals surface area contributed by atoms with Gasteiger partial charge >= 0.3 is 0 Å². The van der Waals surface area contributed by atoms with Gasteiger partial charge in [0.05, 0.1) is 11.1 Å². The summed E-state index contributed by atoms with van der Waals surface area (Å²) in [6.07, 6.45) is 0. The van der Waals surface area contributed by atoms with E-state index in [0.717, 1.165) is 6.07 Å². The third-order valence-electron chi connectivity index (χ3n) is 5.45. The summed E-state index contributed by atoms with van der Waals surface area (Å²) in [6.45, 7) is 7.13. The summed E-state index contributed by atoms with van der Waals surface area (Å²) < 4.78 is 43.0. The minimum Gasteiger partial charge on any atom is -0.306 e. The Morgan fingerprint density at radius 3 is 2.15 bits per heavy atom. The molecule has 0 saturated heterocycles. The molecule has 3 nitrogen and oxygen atoms in total. The molecule has 0 aliphatic rings. The molecule has 0 fully saturated rings. The summed E-state index contributed by atoms with van der Waals surface area (Å²) in [5, 5.41) is 3.12. The topological polar surface area (TPSA) is 46.2 Å². The molecular weight excluding hydrogens is 427 g/mol. The molecule has 3 aromatic rings. The van der Waals surface area contributed by atoms with Crippen LogP contribution in [0.3, 0.4) is 0 Å². The van der Waals surface area contributed by atoms with Crippen LogP contribution < -0.4 is 5.32 Å². The minimum absolute atomic E-state index is 0.0413. The predicted molar refractivity (Wildman–Crippen MR) is 122 cm³/mol. The third kappa shape index (κ3) is 5.57. The van der Waals surface area contributed by atoms with Crippen molar-refractivity contribution in [1.82, 2.24) is 5.32 Å². The van der Waals surface area contributed by atoms with Crippen LogP contribution in [0.25, 0.3) is 0 Å². The Bertz CT molecular complexity index is 1200. The molecule has 0 aromatic heterocycles. The van der Waals surface area contributed by atoms with E-state index in [0.29, 0.717) is 11.1 Å². The summed E-state index contributed by atoms with van der Waals surface area (Å²) >= 11 is 0. The molecule has 3 rings (SSSR count). The van der Waals surface area contributed by atoms with E-state index in [2.05, 4.69) is 5.32 Å². The molecule has 0 radical (unpaired) electrons. The van der Waals surface area contributed by atoms with Crippen LogP contribution in [-0.2, 0) is 6.54 Å². The second kappa shape index (κ2) is 9.71. The lowest BCUT2D eigenvalue weighted by atomic mass is 9.86. The highest BCUT2D eigenvalue weighted by molar-refractivity contribution is 6.09. The normalized spacial score (nSPS) is 12.5. The van der Waals surface area contributed by atoms with Crippen molar-refractivity contribution in [1.29, 1.82) is 0 Å². The number of hydrogen-bond donors (Lipinski definition) is 1. The molecule has 0 bridgehead atoms. The highest BCUT2D eigenvalue weighted by Crippen LogP contribution is 2.25. The average molecular weight is 454 g/mol. The van der Waals surface area contributed by atoms with Gasteiger partial charge in [-0.3, -0.25) is 9.59 Å². The van der Waals surface area contributed by atoms with Crippen molar-refractivity contribution in [2.24, 2.45) is 5.41 Å². The molecule has 0 aliphatic carbocycles. The zero-order valence-corrected chi connectivity index (χ0v) is 19.0. The molecule has 3 aromatic carbocycles. The van der Waals surface area contributed by atoms with Gasteiger partial charge in [0.25, 0.3) is 0 Å². The highest BCUT2D eigenvalue weighted by Gasteiger charge is 2.26. The summed E-state index contributed by atoms with van der Waals surface area (Å²) in [5.74, 6) is -2.73. The summed E-state index contributed by atoms with van der Waals surface area (Å²) in [6, 6.07) is 13.7. The number of hydrogen-bond acceptors (Lipinski definition) is 3. The number of halogens is 3. The zero-order chi connectivity index (χ0) is 24.3. The number of rotatable bonds is 7. The van der Waals surface area contributed by atoms with Gasteiger partial charge in [-0.2, -0.15) is 0 Å². The van der Waals surface area contributed by atoms with Crippen LogP contribution in [0.15, 0.2) is 60.7 Å². The van der Waals surface area contributed by atoms with Crippen molar-refractivity contribution in [2.45, 2.75) is 40.3 Å². The first-order chi connectivity index (χ1) is 15.5. The van der Waals surface area contributed by atoms with E-state index in [1.165, 1.54) is 42.5 Å². The van der Waals surface area contributed by atoms with Gasteiger partial charge in [-0.05, 0) is 42.8 Å². The minimum atomic E-state index is -0.691. The molecule has 0 aliphatic heterocycles. The molecular formula is C27H26F3NO2. The molecule has 33 heavy (non-hydrogen) atoms. The van der Waals surface area contributed by atoms with Gasteiger partial charge in [0, 0.05) is 29.1 Å². The molecule has 1 N–H and O–H groups in total. The van der Waals surface area contributed by atoms with Crippen LogP contribution in [0.4, 0.5) is 13.2 Å². The molecule has 0 amide bonds. The Kier molecular flexibility index (Phi) is 7.18. The van der Waals surface area contributed by atoms with E-state index in [-0.39, 0.29) is 35.1 Å². The zero-order valence-electron chi connectivity index (χ0n) is 19.0. The predicted octanol–water partition coefficient (Wildman–Crippen LogP) is 6.41. The van der Waals surface area contributed by atoms with Crippen LogP contribution >= 0.6 is 0 Å². The number of carbonyl (C=O) groups is 2. The molecule has 6 heteroatoms. The van der Waals surface area contributed by atoms with Crippen molar-refractivity contribution in [3.05, 3.63) is 106 Å². The maximum absolute atomic E-state index is 14.6. The molecule has 1 atom stereocenters. The van der Waals surface area contributed by atoms with Crippen molar-refractivity contribution in [3.63, 3.8) is 0 Å². The quantitative estimate of drug-likeness (QED) is 0.420. The third-order valence-corrected chi connectivity index (χ3v) is 5.45. The maximum Gasteiger partial charge on any atom is 0.196 e. The number of ketones is 2. The molecule has 0 heterocycles. The SMILES string of the molecule is CC(NCc1ccc(C(=O)c2ccccc2F)cc1F)c1ccc(C(=O)C(C)(C)C)c(F)c1. The number of carbonyl (C=O) groups excluding carboxylic acids is 2. The van der Waals surface area contributed by atoms with Crippen LogP contribution in [-0.4, -0.2) is 11.6 Å². The standard InChI is InChI=1S/C27H26F3NO2/c1-16(17-11-12-21(24(30)13-17)26(33)27(2,3)4)31-15-19-10-9-18(14-23(19)29)25(32)20-7-5-6-8-22(20)28/h5-14,16,31H,15H2,1-4H3. The van der Waals surface area contributed by atoms with Gasteiger partial charge in [-0.25, -0.2) is 13.2 Å². The van der Waals surface area contributed by atoms with E-state index < -0.39 is 28.6 Å². The van der Waals surface area contributed by atoms with Crippen molar-refractivity contribution < 1.29 is 22.8 Å². The van der Waals surface area contributed by atoms with Gasteiger partial charge in [-0.1, -0.05) is 51.1 Å². The van der Waals surface area contributed by atoms with Crippen LogP contribution in [0.5, 0.6) is 0 Å². The maximum atomic E-state index is 14.6.